The second-order valence-corrected chi connectivity index (χ2v) is 4.61. The predicted molar refractivity (Wildman–Crippen MR) is 89.8 cm³/mol. The van der Waals surface area contributed by atoms with Crippen molar-refractivity contribution >= 4 is 11.1 Å². The molecule has 0 radical (unpaired) electrons. The van der Waals surface area contributed by atoms with Gasteiger partial charge < -0.3 is 14.3 Å². The smallest absolute Gasteiger partial charge is 0.182 e. The van der Waals surface area contributed by atoms with Crippen LogP contribution in [-0.4, -0.2) is 23.3 Å². The Morgan fingerprint density at radius 3 is 2.57 bits per heavy atom. The molecular formula is C18H17NO4. The standard InChI is InChI=1S/C12H7NO3.C6H10O/c14-7-1-3-9-11(5-7)16-12-6-8(15)2-4-10(12)13-9;1-3-5-7-6-4-2/h1-6,14H;3-4H,1-2,5-6H2. The first-order chi connectivity index (χ1) is 11.1. The van der Waals surface area contributed by atoms with E-state index in [4.69, 9.17) is 9.15 Å². The van der Waals surface area contributed by atoms with Gasteiger partial charge >= 0.3 is 0 Å². The second kappa shape index (κ2) is 7.91. The largest absolute Gasteiger partial charge is 0.508 e. The lowest BCUT2D eigenvalue weighted by Crippen LogP contribution is -1.99. The zero-order valence-electron chi connectivity index (χ0n) is 12.6. The van der Waals surface area contributed by atoms with Gasteiger partial charge in [-0.25, -0.2) is 4.98 Å². The molecule has 0 saturated carbocycles. The highest BCUT2D eigenvalue weighted by Crippen LogP contribution is 2.25. The van der Waals surface area contributed by atoms with Crippen LogP contribution >= 0.6 is 0 Å². The van der Waals surface area contributed by atoms with Crippen LogP contribution in [0.2, 0.25) is 0 Å². The molecule has 5 nitrogen and oxygen atoms in total. The Kier molecular flexibility index (Phi) is 5.66. The van der Waals surface area contributed by atoms with Crippen LogP contribution in [0.1, 0.15) is 0 Å². The third kappa shape index (κ3) is 4.52. The van der Waals surface area contributed by atoms with Gasteiger partial charge in [-0.1, -0.05) is 12.2 Å². The summed E-state index contributed by atoms with van der Waals surface area (Å²) >= 11 is 0. The molecule has 0 spiro atoms. The van der Waals surface area contributed by atoms with E-state index in [1.807, 2.05) is 0 Å². The maximum Gasteiger partial charge on any atom is 0.182 e. The molecule has 0 unspecified atom stereocenters. The maximum atomic E-state index is 11.1. The van der Waals surface area contributed by atoms with Crippen LogP contribution in [-0.2, 0) is 4.74 Å². The number of phenolic OH excluding ortho intramolecular Hbond substituents is 1. The summed E-state index contributed by atoms with van der Waals surface area (Å²) in [6.45, 7) is 8.18. The van der Waals surface area contributed by atoms with E-state index in [0.29, 0.717) is 35.8 Å². The van der Waals surface area contributed by atoms with E-state index in [2.05, 4.69) is 18.1 Å². The van der Waals surface area contributed by atoms with Crippen LogP contribution < -0.4 is 5.43 Å². The summed E-state index contributed by atoms with van der Waals surface area (Å²) < 4.78 is 10.4. The Morgan fingerprint density at radius 1 is 1.13 bits per heavy atom. The summed E-state index contributed by atoms with van der Waals surface area (Å²) in [5, 5.41) is 9.31. The number of fused-ring (bicyclic) bond motifs is 2. The predicted octanol–water partition coefficient (Wildman–Crippen LogP) is 3.37. The molecule has 0 atom stereocenters. The van der Waals surface area contributed by atoms with E-state index in [9.17, 15) is 9.90 Å². The van der Waals surface area contributed by atoms with Crippen LogP contribution in [0.4, 0.5) is 0 Å². The highest BCUT2D eigenvalue weighted by molar-refractivity contribution is 5.77. The molecule has 1 aromatic carbocycles. The van der Waals surface area contributed by atoms with Gasteiger partial charge in [0.05, 0.1) is 13.2 Å². The van der Waals surface area contributed by atoms with E-state index in [0.717, 1.165) is 0 Å². The van der Waals surface area contributed by atoms with Gasteiger partial charge in [-0.3, -0.25) is 4.79 Å². The van der Waals surface area contributed by atoms with E-state index in [1.54, 1.807) is 30.4 Å². The van der Waals surface area contributed by atoms with E-state index in [1.165, 1.54) is 18.2 Å². The molecule has 23 heavy (non-hydrogen) atoms. The van der Waals surface area contributed by atoms with Gasteiger partial charge in [-0.15, -0.1) is 13.2 Å². The average Bonchev–Trinajstić information content (AvgIpc) is 2.54. The topological polar surface area (TPSA) is 72.6 Å². The van der Waals surface area contributed by atoms with Crippen molar-refractivity contribution in [3.63, 3.8) is 0 Å². The summed E-state index contributed by atoms with van der Waals surface area (Å²) in [6, 6.07) is 9.12. The number of phenols is 1. The number of rotatable bonds is 4. The fourth-order valence-electron chi connectivity index (χ4n) is 1.83. The van der Waals surface area contributed by atoms with Crippen molar-refractivity contribution in [1.29, 1.82) is 0 Å². The SMILES string of the molecule is C=CCOCC=C.O=c1ccc2nc3ccc(O)cc3oc-2c1. The lowest BCUT2D eigenvalue weighted by atomic mass is 10.2. The number of hydrogen-bond acceptors (Lipinski definition) is 5. The Hall–Kier alpha value is -2.92. The lowest BCUT2D eigenvalue weighted by molar-refractivity contribution is 0.194. The summed E-state index contributed by atoms with van der Waals surface area (Å²) in [4.78, 5) is 15.5. The number of aromatic nitrogens is 1. The van der Waals surface area contributed by atoms with Crippen LogP contribution in [0.5, 0.6) is 5.75 Å². The molecule has 0 aromatic heterocycles. The summed E-state index contributed by atoms with van der Waals surface area (Å²) in [6.07, 6.45) is 3.42. The Labute approximate surface area is 133 Å². The molecule has 0 saturated heterocycles. The first kappa shape index (κ1) is 16.5. The molecule has 1 aliphatic heterocycles. The van der Waals surface area contributed by atoms with E-state index < -0.39 is 0 Å². The molecule has 1 aromatic rings. The van der Waals surface area contributed by atoms with Gasteiger partial charge in [-0.05, 0) is 24.3 Å². The molecule has 5 heteroatoms. The molecule has 3 rings (SSSR count). The zero-order valence-corrected chi connectivity index (χ0v) is 12.6. The fourth-order valence-corrected chi connectivity index (χ4v) is 1.83. The molecule has 2 aliphatic rings. The Balaban J connectivity index is 0.000000236. The van der Waals surface area contributed by atoms with Crippen molar-refractivity contribution in [2.45, 2.75) is 0 Å². The normalized spacial score (nSPS) is 10.1. The average molecular weight is 311 g/mol. The quantitative estimate of drug-likeness (QED) is 0.454. The molecular weight excluding hydrogens is 294 g/mol. The van der Waals surface area contributed by atoms with Crippen molar-refractivity contribution in [2.75, 3.05) is 13.2 Å². The van der Waals surface area contributed by atoms with Crippen molar-refractivity contribution in [3.8, 4) is 17.2 Å². The minimum atomic E-state index is -0.127. The first-order valence-corrected chi connectivity index (χ1v) is 6.97. The van der Waals surface area contributed by atoms with Gasteiger partial charge in [0.15, 0.2) is 16.8 Å². The third-order valence-electron chi connectivity index (χ3n) is 2.81. The summed E-state index contributed by atoms with van der Waals surface area (Å²) in [5.74, 6) is 0.529. The highest BCUT2D eigenvalue weighted by Gasteiger charge is 2.09. The summed E-state index contributed by atoms with van der Waals surface area (Å²) in [5.41, 5.74) is 1.59. The molecule has 1 aliphatic carbocycles. The van der Waals surface area contributed by atoms with Gasteiger partial charge in [0.2, 0.25) is 0 Å². The Morgan fingerprint density at radius 2 is 1.87 bits per heavy atom. The van der Waals surface area contributed by atoms with Gasteiger partial charge in [-0.2, -0.15) is 0 Å². The van der Waals surface area contributed by atoms with Crippen molar-refractivity contribution < 1.29 is 14.3 Å². The lowest BCUT2D eigenvalue weighted by Gasteiger charge is -2.05. The van der Waals surface area contributed by atoms with Gasteiger partial charge in [0.1, 0.15) is 17.0 Å². The number of hydrogen-bond donors (Lipinski definition) is 1. The number of benzene rings is 2. The van der Waals surface area contributed by atoms with Crippen LogP contribution in [0.3, 0.4) is 0 Å². The van der Waals surface area contributed by atoms with E-state index >= 15 is 0 Å². The molecule has 1 heterocycles. The highest BCUT2D eigenvalue weighted by atomic mass is 16.5. The molecule has 118 valence electrons. The maximum absolute atomic E-state index is 11.1. The molecule has 1 N–H and O–H groups in total. The van der Waals surface area contributed by atoms with Crippen LogP contribution in [0.25, 0.3) is 22.6 Å². The molecule has 0 bridgehead atoms. The number of aromatic hydroxyl groups is 1. The van der Waals surface area contributed by atoms with Crippen molar-refractivity contribution in [2.24, 2.45) is 0 Å². The van der Waals surface area contributed by atoms with Gasteiger partial charge in [0, 0.05) is 12.1 Å². The fraction of sp³-hybridized carbons (Fsp3) is 0.111. The Bertz CT molecular complexity index is 830. The van der Waals surface area contributed by atoms with Crippen molar-refractivity contribution in [1.82, 2.24) is 4.98 Å². The molecule has 0 amide bonds. The minimum Gasteiger partial charge on any atom is -0.508 e. The third-order valence-corrected chi connectivity index (χ3v) is 2.81. The van der Waals surface area contributed by atoms with Crippen molar-refractivity contribution in [3.05, 3.63) is 71.9 Å². The van der Waals surface area contributed by atoms with Gasteiger partial charge in [0.25, 0.3) is 0 Å². The van der Waals surface area contributed by atoms with Crippen LogP contribution in [0.15, 0.2) is 70.9 Å². The summed E-state index contributed by atoms with van der Waals surface area (Å²) in [7, 11) is 0. The zero-order chi connectivity index (χ0) is 16.7. The van der Waals surface area contributed by atoms with Crippen LogP contribution in [0, 0.1) is 0 Å². The van der Waals surface area contributed by atoms with E-state index in [-0.39, 0.29) is 11.2 Å². The monoisotopic (exact) mass is 311 g/mol. The second-order valence-electron chi connectivity index (χ2n) is 4.61. The minimum absolute atomic E-state index is 0.107. The number of nitrogens with zero attached hydrogens (tertiary/aromatic N) is 1. The number of ether oxygens (including phenoxy) is 1. The molecule has 0 fully saturated rings. The first-order valence-electron chi connectivity index (χ1n) is 6.97.